The van der Waals surface area contributed by atoms with Gasteiger partial charge in [0.2, 0.25) is 5.75 Å². The molecule has 134 valence electrons. The number of rotatable bonds is 6. The van der Waals surface area contributed by atoms with Crippen molar-refractivity contribution in [3.8, 4) is 28.7 Å². The molecule has 7 heteroatoms. The second kappa shape index (κ2) is 7.60. The van der Waals surface area contributed by atoms with E-state index in [1.54, 1.807) is 36.8 Å². The molecule has 0 bridgehead atoms. The van der Waals surface area contributed by atoms with Crippen LogP contribution in [0.4, 0.5) is 0 Å². The average Bonchev–Trinajstić information content (AvgIpc) is 3.22. The summed E-state index contributed by atoms with van der Waals surface area (Å²) in [5, 5.41) is 0. The second-order valence-corrected chi connectivity index (χ2v) is 5.27. The van der Waals surface area contributed by atoms with Crippen molar-refractivity contribution >= 4 is 5.97 Å². The van der Waals surface area contributed by atoms with Gasteiger partial charge in [0.05, 0.1) is 33.2 Å². The molecule has 1 heterocycles. The van der Waals surface area contributed by atoms with E-state index in [1.807, 2.05) is 22.9 Å². The van der Waals surface area contributed by atoms with E-state index in [0.717, 1.165) is 5.69 Å². The van der Waals surface area contributed by atoms with Crippen LogP contribution in [0.15, 0.2) is 55.1 Å². The highest BCUT2D eigenvalue weighted by molar-refractivity contribution is 5.92. The smallest absolute Gasteiger partial charge is 0.343 e. The number of hydrogen-bond acceptors (Lipinski definition) is 6. The molecule has 0 unspecified atom stereocenters. The largest absolute Gasteiger partial charge is 0.493 e. The molecule has 0 radical (unpaired) electrons. The molecular weight excluding hydrogens is 336 g/mol. The lowest BCUT2D eigenvalue weighted by Crippen LogP contribution is -2.09. The molecule has 0 N–H and O–H groups in total. The normalized spacial score (nSPS) is 10.3. The van der Waals surface area contributed by atoms with Crippen molar-refractivity contribution in [1.29, 1.82) is 0 Å². The van der Waals surface area contributed by atoms with Gasteiger partial charge in [-0.1, -0.05) is 0 Å². The zero-order valence-corrected chi connectivity index (χ0v) is 14.6. The Morgan fingerprint density at radius 1 is 0.962 bits per heavy atom. The molecule has 0 spiro atoms. The molecule has 26 heavy (non-hydrogen) atoms. The van der Waals surface area contributed by atoms with E-state index in [1.165, 1.54) is 21.3 Å². The van der Waals surface area contributed by atoms with Gasteiger partial charge in [0.15, 0.2) is 11.5 Å². The lowest BCUT2D eigenvalue weighted by molar-refractivity contribution is 0.0734. The standard InChI is InChI=1S/C19H18N2O5/c1-23-16-10-13(11-17(24-2)18(16)25-3)19(22)26-15-6-4-14(5-7-15)21-9-8-20-12-21/h4-12H,1-3H3. The zero-order valence-electron chi connectivity index (χ0n) is 14.6. The monoisotopic (exact) mass is 354 g/mol. The molecular formula is C19H18N2O5. The molecule has 0 fully saturated rings. The van der Waals surface area contributed by atoms with E-state index in [0.29, 0.717) is 23.0 Å². The summed E-state index contributed by atoms with van der Waals surface area (Å²) < 4.78 is 23.0. The summed E-state index contributed by atoms with van der Waals surface area (Å²) in [5.74, 6) is 1.08. The fraction of sp³-hybridized carbons (Fsp3) is 0.158. The molecule has 0 aliphatic carbocycles. The van der Waals surface area contributed by atoms with Crippen molar-refractivity contribution in [3.63, 3.8) is 0 Å². The molecule has 1 aromatic heterocycles. The maximum atomic E-state index is 12.5. The Morgan fingerprint density at radius 3 is 2.12 bits per heavy atom. The zero-order chi connectivity index (χ0) is 18.5. The maximum absolute atomic E-state index is 12.5. The fourth-order valence-electron chi connectivity index (χ4n) is 2.46. The lowest BCUT2D eigenvalue weighted by atomic mass is 10.2. The molecule has 2 aromatic carbocycles. The highest BCUT2D eigenvalue weighted by atomic mass is 16.5. The van der Waals surface area contributed by atoms with Gasteiger partial charge in [0.1, 0.15) is 5.75 Å². The number of carbonyl (C=O) groups is 1. The van der Waals surface area contributed by atoms with Crippen molar-refractivity contribution in [2.45, 2.75) is 0 Å². The van der Waals surface area contributed by atoms with Gasteiger partial charge >= 0.3 is 5.97 Å². The summed E-state index contributed by atoms with van der Waals surface area (Å²) in [4.78, 5) is 16.5. The number of benzene rings is 2. The summed E-state index contributed by atoms with van der Waals surface area (Å²) >= 11 is 0. The number of esters is 1. The van der Waals surface area contributed by atoms with Crippen LogP contribution in [0, 0.1) is 0 Å². The van der Waals surface area contributed by atoms with Crippen LogP contribution in [0.5, 0.6) is 23.0 Å². The molecule has 0 aliphatic heterocycles. The Hall–Kier alpha value is -3.48. The minimum Gasteiger partial charge on any atom is -0.493 e. The quantitative estimate of drug-likeness (QED) is 0.500. The first-order chi connectivity index (χ1) is 12.7. The SMILES string of the molecule is COc1cc(C(=O)Oc2ccc(-n3ccnc3)cc2)cc(OC)c1OC. The van der Waals surface area contributed by atoms with Crippen LogP contribution in [0.2, 0.25) is 0 Å². The Labute approximate surface area is 150 Å². The van der Waals surface area contributed by atoms with Crippen LogP contribution in [-0.2, 0) is 0 Å². The number of methoxy groups -OCH3 is 3. The van der Waals surface area contributed by atoms with E-state index in [2.05, 4.69) is 4.98 Å². The van der Waals surface area contributed by atoms with Crippen molar-refractivity contribution in [3.05, 3.63) is 60.7 Å². The van der Waals surface area contributed by atoms with Crippen molar-refractivity contribution < 1.29 is 23.7 Å². The van der Waals surface area contributed by atoms with Crippen LogP contribution in [0.1, 0.15) is 10.4 Å². The topological polar surface area (TPSA) is 71.8 Å². The van der Waals surface area contributed by atoms with Crippen molar-refractivity contribution in [1.82, 2.24) is 9.55 Å². The summed E-state index contributed by atoms with van der Waals surface area (Å²) in [7, 11) is 4.47. The molecule has 0 saturated heterocycles. The molecule has 0 amide bonds. The minimum atomic E-state index is -0.528. The Balaban J connectivity index is 1.81. The third-order valence-corrected chi connectivity index (χ3v) is 3.75. The van der Waals surface area contributed by atoms with E-state index in [-0.39, 0.29) is 5.56 Å². The highest BCUT2D eigenvalue weighted by Gasteiger charge is 2.18. The number of imidazole rings is 1. The molecule has 0 atom stereocenters. The average molecular weight is 354 g/mol. The van der Waals surface area contributed by atoms with Crippen molar-refractivity contribution in [2.24, 2.45) is 0 Å². The van der Waals surface area contributed by atoms with Gasteiger partial charge in [-0.3, -0.25) is 0 Å². The maximum Gasteiger partial charge on any atom is 0.343 e. The minimum absolute atomic E-state index is 0.290. The van der Waals surface area contributed by atoms with Crippen molar-refractivity contribution in [2.75, 3.05) is 21.3 Å². The number of ether oxygens (including phenoxy) is 4. The molecule has 0 saturated carbocycles. The van der Waals surface area contributed by atoms with Crippen LogP contribution in [0.3, 0.4) is 0 Å². The van der Waals surface area contributed by atoms with Crippen LogP contribution >= 0.6 is 0 Å². The number of nitrogens with zero attached hydrogens (tertiary/aromatic N) is 2. The van der Waals surface area contributed by atoms with E-state index < -0.39 is 5.97 Å². The summed E-state index contributed by atoms with van der Waals surface area (Å²) in [6, 6.07) is 10.2. The van der Waals surface area contributed by atoms with Gasteiger partial charge in [-0.05, 0) is 36.4 Å². The first kappa shape index (κ1) is 17.3. The molecule has 7 nitrogen and oxygen atoms in total. The molecule has 0 aliphatic rings. The second-order valence-electron chi connectivity index (χ2n) is 5.27. The molecule has 3 rings (SSSR count). The van der Waals surface area contributed by atoms with Gasteiger partial charge in [-0.2, -0.15) is 0 Å². The Morgan fingerprint density at radius 2 is 1.62 bits per heavy atom. The number of carbonyl (C=O) groups excluding carboxylic acids is 1. The van der Waals surface area contributed by atoms with Gasteiger partial charge in [0.25, 0.3) is 0 Å². The van der Waals surface area contributed by atoms with Crippen LogP contribution in [-0.4, -0.2) is 36.8 Å². The summed E-state index contributed by atoms with van der Waals surface area (Å²) in [5.41, 5.74) is 1.20. The van der Waals surface area contributed by atoms with Gasteiger partial charge in [-0.15, -0.1) is 0 Å². The first-order valence-electron chi connectivity index (χ1n) is 7.77. The molecule has 3 aromatic rings. The lowest BCUT2D eigenvalue weighted by Gasteiger charge is -2.13. The van der Waals surface area contributed by atoms with Crippen LogP contribution in [0.25, 0.3) is 5.69 Å². The Kier molecular flexibility index (Phi) is 5.07. The predicted octanol–water partition coefficient (Wildman–Crippen LogP) is 3.12. The van der Waals surface area contributed by atoms with E-state index in [4.69, 9.17) is 18.9 Å². The fourth-order valence-corrected chi connectivity index (χ4v) is 2.46. The van der Waals surface area contributed by atoms with Gasteiger partial charge in [-0.25, -0.2) is 9.78 Å². The summed E-state index contributed by atoms with van der Waals surface area (Å²) in [6.07, 6.45) is 5.21. The van der Waals surface area contributed by atoms with Gasteiger partial charge < -0.3 is 23.5 Å². The van der Waals surface area contributed by atoms with Gasteiger partial charge in [0, 0.05) is 18.1 Å². The van der Waals surface area contributed by atoms with E-state index >= 15 is 0 Å². The predicted molar refractivity (Wildman–Crippen MR) is 94.6 cm³/mol. The van der Waals surface area contributed by atoms with E-state index in [9.17, 15) is 4.79 Å². The Bertz CT molecular complexity index is 864. The third-order valence-electron chi connectivity index (χ3n) is 3.75. The number of hydrogen-bond donors (Lipinski definition) is 0. The van der Waals surface area contributed by atoms with Crippen LogP contribution < -0.4 is 18.9 Å². The summed E-state index contributed by atoms with van der Waals surface area (Å²) in [6.45, 7) is 0. The number of aromatic nitrogens is 2. The first-order valence-corrected chi connectivity index (χ1v) is 7.77. The third kappa shape index (κ3) is 3.46. The highest BCUT2D eigenvalue weighted by Crippen LogP contribution is 2.38.